The van der Waals surface area contributed by atoms with E-state index in [1.165, 1.54) is 5.69 Å². The van der Waals surface area contributed by atoms with E-state index in [1.807, 2.05) is 6.20 Å². The van der Waals surface area contributed by atoms with Gasteiger partial charge in [-0.1, -0.05) is 13.3 Å². The molecule has 0 bridgehead atoms. The molecule has 0 atom stereocenters. The molecule has 2 nitrogen and oxygen atoms in total. The van der Waals surface area contributed by atoms with Gasteiger partial charge in [-0.15, -0.1) is 0 Å². The highest BCUT2D eigenvalue weighted by Gasteiger charge is 1.95. The number of rotatable bonds is 3. The van der Waals surface area contributed by atoms with Crippen molar-refractivity contribution < 1.29 is 0 Å². The predicted octanol–water partition coefficient (Wildman–Crippen LogP) is 1.79. The number of imidazole rings is 1. The van der Waals surface area contributed by atoms with E-state index in [0.717, 1.165) is 18.7 Å². The van der Waals surface area contributed by atoms with Crippen LogP contribution in [0.4, 0.5) is 0 Å². The van der Waals surface area contributed by atoms with Gasteiger partial charge in [-0.2, -0.15) is 12.6 Å². The molecule has 56 valence electrons. The maximum Gasteiger partial charge on any atom is 0.115 e. The maximum atomic E-state index is 4.12. The zero-order valence-corrected chi connectivity index (χ0v) is 6.99. The lowest BCUT2D eigenvalue weighted by atomic mass is 10.3. The van der Waals surface area contributed by atoms with Gasteiger partial charge in [0.2, 0.25) is 0 Å². The van der Waals surface area contributed by atoms with E-state index in [-0.39, 0.29) is 0 Å². The molecule has 0 amide bonds. The van der Waals surface area contributed by atoms with Gasteiger partial charge in [0.1, 0.15) is 5.82 Å². The van der Waals surface area contributed by atoms with E-state index < -0.39 is 0 Å². The Morgan fingerprint density at radius 1 is 1.70 bits per heavy atom. The number of hydrogen-bond acceptors (Lipinski definition) is 2. The summed E-state index contributed by atoms with van der Waals surface area (Å²) < 4.78 is 0. The summed E-state index contributed by atoms with van der Waals surface area (Å²) in [4.78, 5) is 7.30. The summed E-state index contributed by atoms with van der Waals surface area (Å²) in [5, 5.41) is 0. The third kappa shape index (κ3) is 1.77. The molecule has 10 heavy (non-hydrogen) atoms. The molecule has 1 aromatic rings. The summed E-state index contributed by atoms with van der Waals surface area (Å²) >= 11 is 4.10. The fraction of sp³-hybridized carbons (Fsp3) is 0.571. The first-order valence-electron chi connectivity index (χ1n) is 3.50. The molecule has 1 heterocycles. The summed E-state index contributed by atoms with van der Waals surface area (Å²) in [5.74, 6) is 1.66. The van der Waals surface area contributed by atoms with Gasteiger partial charge >= 0.3 is 0 Å². The van der Waals surface area contributed by atoms with Crippen molar-refractivity contribution in [1.82, 2.24) is 9.97 Å². The number of hydrogen-bond donors (Lipinski definition) is 2. The topological polar surface area (TPSA) is 28.7 Å². The van der Waals surface area contributed by atoms with Crippen LogP contribution in [0.2, 0.25) is 0 Å². The van der Waals surface area contributed by atoms with Gasteiger partial charge in [-0.05, 0) is 6.42 Å². The Morgan fingerprint density at radius 2 is 2.50 bits per heavy atom. The highest BCUT2D eigenvalue weighted by Crippen LogP contribution is 2.01. The minimum atomic E-state index is 0.698. The third-order valence-corrected chi connectivity index (χ3v) is 1.65. The Labute approximate surface area is 66.5 Å². The third-order valence-electron chi connectivity index (χ3n) is 1.35. The molecule has 0 aliphatic heterocycles. The normalized spacial score (nSPS) is 10.2. The minimum Gasteiger partial charge on any atom is -0.345 e. The fourth-order valence-electron chi connectivity index (χ4n) is 0.882. The second kappa shape index (κ2) is 3.66. The molecule has 0 aliphatic rings. The van der Waals surface area contributed by atoms with Crippen molar-refractivity contribution in [3.05, 3.63) is 17.7 Å². The van der Waals surface area contributed by atoms with Crippen LogP contribution in [-0.4, -0.2) is 9.97 Å². The molecule has 0 saturated carbocycles. The molecule has 3 heteroatoms. The summed E-state index contributed by atoms with van der Waals surface area (Å²) in [6.45, 7) is 2.15. The number of nitrogens with one attached hydrogen (secondary N) is 1. The number of H-pyrrole nitrogens is 1. The molecule has 0 aromatic carbocycles. The lowest BCUT2D eigenvalue weighted by Crippen LogP contribution is -1.83. The first-order chi connectivity index (χ1) is 4.86. The van der Waals surface area contributed by atoms with Crippen LogP contribution in [0.5, 0.6) is 0 Å². The van der Waals surface area contributed by atoms with Crippen molar-refractivity contribution in [2.75, 3.05) is 0 Å². The van der Waals surface area contributed by atoms with Crippen LogP contribution in [0.1, 0.15) is 24.9 Å². The van der Waals surface area contributed by atoms with Gasteiger partial charge in [0.25, 0.3) is 0 Å². The maximum absolute atomic E-state index is 4.12. The summed E-state index contributed by atoms with van der Waals surface area (Å²) in [5.41, 5.74) is 1.21. The molecule has 1 N–H and O–H groups in total. The van der Waals surface area contributed by atoms with Gasteiger partial charge in [0.05, 0.1) is 0 Å². The molecule has 0 fully saturated rings. The predicted molar refractivity (Wildman–Crippen MR) is 45.3 cm³/mol. The van der Waals surface area contributed by atoms with Crippen LogP contribution in [0.15, 0.2) is 6.20 Å². The van der Waals surface area contributed by atoms with Gasteiger partial charge < -0.3 is 4.98 Å². The first kappa shape index (κ1) is 7.66. The van der Waals surface area contributed by atoms with Crippen molar-refractivity contribution in [3.63, 3.8) is 0 Å². The van der Waals surface area contributed by atoms with Gasteiger partial charge in [-0.3, -0.25) is 0 Å². The minimum absolute atomic E-state index is 0.698. The van der Waals surface area contributed by atoms with E-state index in [9.17, 15) is 0 Å². The second-order valence-corrected chi connectivity index (χ2v) is 2.58. The van der Waals surface area contributed by atoms with Crippen LogP contribution in [0.3, 0.4) is 0 Å². The van der Waals surface area contributed by atoms with Crippen LogP contribution in [0, 0.1) is 0 Å². The van der Waals surface area contributed by atoms with Crippen molar-refractivity contribution in [2.45, 2.75) is 25.5 Å². The van der Waals surface area contributed by atoms with Crippen LogP contribution in [-0.2, 0) is 12.2 Å². The molecule has 1 rings (SSSR count). The van der Waals surface area contributed by atoms with E-state index in [2.05, 4.69) is 29.5 Å². The van der Waals surface area contributed by atoms with Gasteiger partial charge in [0.15, 0.2) is 0 Å². The van der Waals surface area contributed by atoms with Crippen LogP contribution < -0.4 is 0 Å². The Bertz CT molecular complexity index is 195. The monoisotopic (exact) mass is 156 g/mol. The number of thiol groups is 1. The van der Waals surface area contributed by atoms with E-state index in [0.29, 0.717) is 5.75 Å². The number of nitrogens with zero attached hydrogens (tertiary/aromatic N) is 1. The number of aromatic amines is 1. The van der Waals surface area contributed by atoms with Crippen molar-refractivity contribution in [2.24, 2.45) is 0 Å². The molecule has 0 saturated heterocycles. The van der Waals surface area contributed by atoms with Crippen LogP contribution in [0.25, 0.3) is 0 Å². The SMILES string of the molecule is CCCc1cnc(CS)[nH]1. The quantitative estimate of drug-likeness (QED) is 0.642. The lowest BCUT2D eigenvalue weighted by Gasteiger charge is -1.89. The number of aromatic nitrogens is 2. The Morgan fingerprint density at radius 3 is 3.00 bits per heavy atom. The average Bonchev–Trinajstić information content (AvgIpc) is 2.37. The first-order valence-corrected chi connectivity index (χ1v) is 4.13. The zero-order valence-electron chi connectivity index (χ0n) is 6.09. The van der Waals surface area contributed by atoms with E-state index in [4.69, 9.17) is 0 Å². The molecule has 0 radical (unpaired) electrons. The van der Waals surface area contributed by atoms with Gasteiger partial charge in [-0.25, -0.2) is 4.98 Å². The van der Waals surface area contributed by atoms with E-state index in [1.54, 1.807) is 0 Å². The summed E-state index contributed by atoms with van der Waals surface area (Å²) in [6, 6.07) is 0. The largest absolute Gasteiger partial charge is 0.345 e. The molecular formula is C7H12N2S. The Kier molecular flexibility index (Phi) is 2.81. The van der Waals surface area contributed by atoms with Crippen molar-refractivity contribution in [3.8, 4) is 0 Å². The molecular weight excluding hydrogens is 144 g/mol. The molecule has 0 spiro atoms. The Balaban J connectivity index is 2.59. The van der Waals surface area contributed by atoms with Crippen LogP contribution >= 0.6 is 12.6 Å². The smallest absolute Gasteiger partial charge is 0.115 e. The molecule has 0 aliphatic carbocycles. The summed E-state index contributed by atoms with van der Waals surface area (Å²) in [6.07, 6.45) is 4.13. The lowest BCUT2D eigenvalue weighted by molar-refractivity contribution is 0.887. The van der Waals surface area contributed by atoms with E-state index >= 15 is 0 Å². The van der Waals surface area contributed by atoms with Crippen molar-refractivity contribution in [1.29, 1.82) is 0 Å². The number of aryl methyl sites for hydroxylation is 1. The van der Waals surface area contributed by atoms with Crippen molar-refractivity contribution >= 4 is 12.6 Å². The highest BCUT2D eigenvalue weighted by molar-refractivity contribution is 7.79. The fourth-order valence-corrected chi connectivity index (χ4v) is 1.04. The standard InChI is InChI=1S/C7H12N2S/c1-2-3-6-4-8-7(5-10)9-6/h4,10H,2-3,5H2,1H3,(H,8,9). The Hall–Kier alpha value is -0.440. The second-order valence-electron chi connectivity index (χ2n) is 2.26. The zero-order chi connectivity index (χ0) is 7.40. The molecule has 1 aromatic heterocycles. The van der Waals surface area contributed by atoms with Gasteiger partial charge in [0, 0.05) is 17.6 Å². The highest BCUT2D eigenvalue weighted by atomic mass is 32.1. The summed E-state index contributed by atoms with van der Waals surface area (Å²) in [7, 11) is 0. The molecule has 0 unspecified atom stereocenters. The average molecular weight is 156 g/mol.